The highest BCUT2D eigenvalue weighted by Crippen LogP contribution is 2.32. The van der Waals surface area contributed by atoms with Crippen LogP contribution in [0.15, 0.2) is 66.4 Å². The normalized spacial score (nSPS) is 13.3. The number of methoxy groups -OCH3 is 3. The molecular weight excluding hydrogens is 374 g/mol. The number of allylic oxidation sites excluding steroid dienone is 2. The minimum Gasteiger partial charge on any atom is -0.494 e. The molecule has 8 nitrogen and oxygen atoms in total. The lowest BCUT2D eigenvalue weighted by molar-refractivity contribution is -0.139. The third-order valence-electron chi connectivity index (χ3n) is 4.32. The summed E-state index contributed by atoms with van der Waals surface area (Å²) in [6.07, 6.45) is 10.1. The van der Waals surface area contributed by atoms with E-state index in [2.05, 4.69) is 4.98 Å². The summed E-state index contributed by atoms with van der Waals surface area (Å²) in [4.78, 5) is 30.6. The van der Waals surface area contributed by atoms with Crippen LogP contribution in [-0.4, -0.2) is 42.8 Å². The molecule has 29 heavy (non-hydrogen) atoms. The number of imidazole rings is 1. The Kier molecular flexibility index (Phi) is 5.82. The number of esters is 2. The topological polar surface area (TPSA) is 82.9 Å². The highest BCUT2D eigenvalue weighted by Gasteiger charge is 2.28. The molecule has 0 N–H and O–H groups in total. The molecular formula is C21H21N3O5. The lowest BCUT2D eigenvalue weighted by atomic mass is 10.1. The first kappa shape index (κ1) is 19.9. The number of hydrogen-bond acceptors (Lipinski definition) is 7. The molecule has 0 fully saturated rings. The van der Waals surface area contributed by atoms with Crippen LogP contribution in [0.2, 0.25) is 0 Å². The van der Waals surface area contributed by atoms with Crippen molar-refractivity contribution >= 4 is 17.6 Å². The van der Waals surface area contributed by atoms with Crippen LogP contribution in [0.25, 0.3) is 5.69 Å². The molecule has 0 saturated carbocycles. The summed E-state index contributed by atoms with van der Waals surface area (Å²) in [6.45, 7) is 1.90. The number of aromatic nitrogens is 2. The molecule has 1 aromatic carbocycles. The average Bonchev–Trinajstić information content (AvgIpc) is 3.05. The molecule has 0 radical (unpaired) electrons. The summed E-state index contributed by atoms with van der Waals surface area (Å²) in [5, 5.41) is 0. The van der Waals surface area contributed by atoms with Gasteiger partial charge in [-0.1, -0.05) is 6.08 Å². The molecule has 0 atom stereocenters. The number of ether oxygens (including phenoxy) is 3. The van der Waals surface area contributed by atoms with Crippen LogP contribution in [0, 0.1) is 6.92 Å². The Morgan fingerprint density at radius 3 is 2.41 bits per heavy atom. The minimum atomic E-state index is -0.671. The standard InChI is InChI=1S/C21H21N3O5/c1-14-12-23(13-22-14)17-9-8-15(11-18(17)27-2)24-10-6-5-7-16(20(25)28-3)19(24)21(26)29-4/h5-13H,1-4H3. The molecule has 2 heterocycles. The molecule has 1 aromatic heterocycles. The van der Waals surface area contributed by atoms with E-state index >= 15 is 0 Å². The van der Waals surface area contributed by atoms with Crippen LogP contribution in [0.4, 0.5) is 5.69 Å². The van der Waals surface area contributed by atoms with Crippen molar-refractivity contribution < 1.29 is 23.8 Å². The molecule has 0 bridgehead atoms. The van der Waals surface area contributed by atoms with Gasteiger partial charge in [0, 0.05) is 24.2 Å². The number of carbonyl (C=O) groups is 2. The van der Waals surface area contributed by atoms with E-state index in [0.29, 0.717) is 11.4 Å². The van der Waals surface area contributed by atoms with E-state index in [9.17, 15) is 9.59 Å². The molecule has 3 rings (SSSR count). The molecule has 1 aliphatic rings. The highest BCUT2D eigenvalue weighted by atomic mass is 16.5. The van der Waals surface area contributed by atoms with Crippen molar-refractivity contribution in [3.8, 4) is 11.4 Å². The summed E-state index contributed by atoms with van der Waals surface area (Å²) < 4.78 is 17.1. The third kappa shape index (κ3) is 3.91. The van der Waals surface area contributed by atoms with Crippen LogP contribution in [0.5, 0.6) is 5.75 Å². The predicted molar refractivity (Wildman–Crippen MR) is 107 cm³/mol. The zero-order valence-corrected chi connectivity index (χ0v) is 16.6. The maximum absolute atomic E-state index is 12.5. The van der Waals surface area contributed by atoms with Crippen molar-refractivity contribution in [3.63, 3.8) is 0 Å². The number of anilines is 1. The summed E-state index contributed by atoms with van der Waals surface area (Å²) >= 11 is 0. The van der Waals surface area contributed by atoms with Crippen LogP contribution in [0.3, 0.4) is 0 Å². The molecule has 0 aliphatic carbocycles. The Labute approximate surface area is 168 Å². The van der Waals surface area contributed by atoms with Gasteiger partial charge in [-0.05, 0) is 31.2 Å². The van der Waals surface area contributed by atoms with E-state index in [-0.39, 0.29) is 11.3 Å². The van der Waals surface area contributed by atoms with Crippen LogP contribution in [0.1, 0.15) is 5.69 Å². The number of nitrogens with zero attached hydrogens (tertiary/aromatic N) is 3. The van der Waals surface area contributed by atoms with Crippen molar-refractivity contribution in [3.05, 3.63) is 72.1 Å². The number of aryl methyl sites for hydroxylation is 1. The van der Waals surface area contributed by atoms with Crippen molar-refractivity contribution in [1.29, 1.82) is 0 Å². The van der Waals surface area contributed by atoms with Crippen molar-refractivity contribution in [2.45, 2.75) is 6.92 Å². The van der Waals surface area contributed by atoms with Gasteiger partial charge in [0.15, 0.2) is 0 Å². The fourth-order valence-electron chi connectivity index (χ4n) is 2.95. The Hall–Kier alpha value is -3.81. The van der Waals surface area contributed by atoms with Gasteiger partial charge < -0.3 is 23.7 Å². The van der Waals surface area contributed by atoms with E-state index in [4.69, 9.17) is 14.2 Å². The quantitative estimate of drug-likeness (QED) is 0.720. The Balaban J connectivity index is 2.14. The van der Waals surface area contributed by atoms with Crippen molar-refractivity contribution in [2.75, 3.05) is 26.2 Å². The fraction of sp³-hybridized carbons (Fsp3) is 0.190. The SMILES string of the molecule is COC(=O)C1=C(C(=O)OC)N(c2ccc(-n3cnc(C)c3)c(OC)c2)C=CC=C1. The summed E-state index contributed by atoms with van der Waals surface area (Å²) in [5.74, 6) is -0.753. The van der Waals surface area contributed by atoms with E-state index in [1.54, 1.807) is 48.8 Å². The van der Waals surface area contributed by atoms with Gasteiger partial charge in [0.1, 0.15) is 11.4 Å². The second kappa shape index (κ2) is 8.47. The fourth-order valence-corrected chi connectivity index (χ4v) is 2.95. The van der Waals surface area contributed by atoms with Gasteiger partial charge in [0.05, 0.1) is 44.6 Å². The smallest absolute Gasteiger partial charge is 0.355 e. The van der Waals surface area contributed by atoms with E-state index in [1.807, 2.05) is 23.8 Å². The van der Waals surface area contributed by atoms with Gasteiger partial charge in [-0.3, -0.25) is 0 Å². The first-order chi connectivity index (χ1) is 14.0. The largest absolute Gasteiger partial charge is 0.494 e. The monoisotopic (exact) mass is 395 g/mol. The average molecular weight is 395 g/mol. The molecule has 8 heteroatoms. The predicted octanol–water partition coefficient (Wildman–Crippen LogP) is 2.68. The first-order valence-corrected chi connectivity index (χ1v) is 8.74. The molecule has 150 valence electrons. The van der Waals surface area contributed by atoms with Crippen LogP contribution >= 0.6 is 0 Å². The van der Waals surface area contributed by atoms with Crippen LogP contribution in [-0.2, 0) is 19.1 Å². The Bertz CT molecular complexity index is 1030. The minimum absolute atomic E-state index is 0.0395. The third-order valence-corrected chi connectivity index (χ3v) is 4.32. The maximum Gasteiger partial charge on any atom is 0.355 e. The summed E-state index contributed by atoms with van der Waals surface area (Å²) in [7, 11) is 4.07. The van der Waals surface area contributed by atoms with E-state index in [1.165, 1.54) is 20.3 Å². The lowest BCUT2D eigenvalue weighted by Gasteiger charge is -2.24. The lowest BCUT2D eigenvalue weighted by Crippen LogP contribution is -2.27. The van der Waals surface area contributed by atoms with Gasteiger partial charge in [0.2, 0.25) is 0 Å². The van der Waals surface area contributed by atoms with E-state index < -0.39 is 11.9 Å². The van der Waals surface area contributed by atoms with Gasteiger partial charge in [0.25, 0.3) is 0 Å². The Morgan fingerprint density at radius 1 is 1.03 bits per heavy atom. The molecule has 0 unspecified atom stereocenters. The summed E-state index contributed by atoms with van der Waals surface area (Å²) in [5.41, 5.74) is 2.38. The zero-order chi connectivity index (χ0) is 21.0. The van der Waals surface area contributed by atoms with Gasteiger partial charge >= 0.3 is 11.9 Å². The van der Waals surface area contributed by atoms with E-state index in [0.717, 1.165) is 11.4 Å². The first-order valence-electron chi connectivity index (χ1n) is 8.74. The molecule has 2 aromatic rings. The van der Waals surface area contributed by atoms with Gasteiger partial charge in [-0.2, -0.15) is 0 Å². The Morgan fingerprint density at radius 2 is 1.79 bits per heavy atom. The maximum atomic E-state index is 12.5. The van der Waals surface area contributed by atoms with Gasteiger partial charge in [-0.15, -0.1) is 0 Å². The summed E-state index contributed by atoms with van der Waals surface area (Å²) in [6, 6.07) is 5.41. The molecule has 0 spiro atoms. The molecule has 0 amide bonds. The number of benzene rings is 1. The zero-order valence-electron chi connectivity index (χ0n) is 16.6. The van der Waals surface area contributed by atoms with Crippen molar-refractivity contribution in [2.24, 2.45) is 0 Å². The van der Waals surface area contributed by atoms with Crippen LogP contribution < -0.4 is 9.64 Å². The van der Waals surface area contributed by atoms with Gasteiger partial charge in [-0.25, -0.2) is 14.6 Å². The second-order valence-electron chi connectivity index (χ2n) is 6.09. The molecule has 1 aliphatic heterocycles. The molecule has 0 saturated heterocycles. The highest BCUT2D eigenvalue weighted by molar-refractivity contribution is 6.05. The van der Waals surface area contributed by atoms with Crippen molar-refractivity contribution in [1.82, 2.24) is 9.55 Å². The number of carbonyl (C=O) groups excluding carboxylic acids is 2. The number of hydrogen-bond donors (Lipinski definition) is 0. The second-order valence-corrected chi connectivity index (χ2v) is 6.09. The number of rotatable bonds is 5.